The predicted molar refractivity (Wildman–Crippen MR) is 120 cm³/mol. The van der Waals surface area contributed by atoms with Crippen LogP contribution in [-0.4, -0.2) is 50.8 Å². The lowest BCUT2D eigenvalue weighted by molar-refractivity contribution is -0.117. The summed E-state index contributed by atoms with van der Waals surface area (Å²) in [5, 5.41) is 5.40. The fourth-order valence-electron chi connectivity index (χ4n) is 3.62. The van der Waals surface area contributed by atoms with Gasteiger partial charge in [0.25, 0.3) is 0 Å². The SMILES string of the molecule is CCN(CC)S(=O)(=O)c1ccc(NC(=O)NCC2CC(=O)N(c3ccc(F)cc3)C2)cc1. The van der Waals surface area contributed by atoms with E-state index in [1.54, 1.807) is 30.9 Å². The molecular formula is C22H27FN4O4S. The van der Waals surface area contributed by atoms with E-state index in [0.717, 1.165) is 0 Å². The minimum atomic E-state index is -3.56. The quantitative estimate of drug-likeness (QED) is 0.630. The Hall–Kier alpha value is -2.98. The molecule has 2 aromatic carbocycles. The van der Waals surface area contributed by atoms with Crippen molar-refractivity contribution in [3.8, 4) is 0 Å². The Morgan fingerprint density at radius 1 is 1.09 bits per heavy atom. The number of sulfonamides is 1. The lowest BCUT2D eigenvalue weighted by Gasteiger charge is -2.18. The molecule has 3 rings (SSSR count). The van der Waals surface area contributed by atoms with E-state index in [-0.39, 0.29) is 29.0 Å². The Labute approximate surface area is 187 Å². The first-order valence-corrected chi connectivity index (χ1v) is 11.9. The molecule has 1 heterocycles. The van der Waals surface area contributed by atoms with Gasteiger partial charge in [-0.1, -0.05) is 13.8 Å². The van der Waals surface area contributed by atoms with Crippen molar-refractivity contribution in [2.24, 2.45) is 5.92 Å². The van der Waals surface area contributed by atoms with Gasteiger partial charge >= 0.3 is 6.03 Å². The van der Waals surface area contributed by atoms with E-state index >= 15 is 0 Å². The molecule has 1 aliphatic rings. The Morgan fingerprint density at radius 2 is 1.72 bits per heavy atom. The average Bonchev–Trinajstić information content (AvgIpc) is 3.14. The number of benzene rings is 2. The summed E-state index contributed by atoms with van der Waals surface area (Å²) in [7, 11) is -3.56. The molecule has 1 fully saturated rings. The fourth-order valence-corrected chi connectivity index (χ4v) is 5.08. The van der Waals surface area contributed by atoms with Crippen LogP contribution in [0.5, 0.6) is 0 Å². The number of amides is 3. The summed E-state index contributed by atoms with van der Waals surface area (Å²) in [5.41, 5.74) is 1.08. The molecule has 0 spiro atoms. The number of nitrogens with one attached hydrogen (secondary N) is 2. The summed E-state index contributed by atoms with van der Waals surface area (Å²) in [5.74, 6) is -0.511. The van der Waals surface area contributed by atoms with Gasteiger partial charge in [-0.2, -0.15) is 4.31 Å². The van der Waals surface area contributed by atoms with Gasteiger partial charge in [-0.3, -0.25) is 4.79 Å². The number of anilines is 2. The molecule has 0 bridgehead atoms. The van der Waals surface area contributed by atoms with Crippen molar-refractivity contribution < 1.29 is 22.4 Å². The van der Waals surface area contributed by atoms with Gasteiger partial charge in [0, 0.05) is 49.9 Å². The molecule has 8 nitrogen and oxygen atoms in total. The van der Waals surface area contributed by atoms with Crippen LogP contribution in [0.3, 0.4) is 0 Å². The van der Waals surface area contributed by atoms with Crippen LogP contribution in [0.1, 0.15) is 20.3 Å². The third-order valence-electron chi connectivity index (χ3n) is 5.35. The highest BCUT2D eigenvalue weighted by molar-refractivity contribution is 7.89. The average molecular weight is 463 g/mol. The fraction of sp³-hybridized carbons (Fsp3) is 0.364. The molecule has 1 saturated heterocycles. The standard InChI is InChI=1S/C22H27FN4O4S/c1-3-26(4-2)32(30,31)20-11-7-18(8-12-20)25-22(29)24-14-16-13-21(28)27(15-16)19-9-5-17(23)6-10-19/h5-12,16H,3-4,13-15H2,1-2H3,(H2,24,25,29). The van der Waals surface area contributed by atoms with Crippen LogP contribution in [0.15, 0.2) is 53.4 Å². The second-order valence-electron chi connectivity index (χ2n) is 7.50. The molecule has 2 N–H and O–H groups in total. The maximum Gasteiger partial charge on any atom is 0.319 e. The van der Waals surface area contributed by atoms with Crippen LogP contribution in [0, 0.1) is 11.7 Å². The molecule has 2 aromatic rings. The molecule has 0 radical (unpaired) electrons. The normalized spacial score (nSPS) is 16.4. The summed E-state index contributed by atoms with van der Waals surface area (Å²) >= 11 is 0. The zero-order valence-corrected chi connectivity index (χ0v) is 18.9. The molecule has 0 aromatic heterocycles. The van der Waals surface area contributed by atoms with E-state index in [9.17, 15) is 22.4 Å². The van der Waals surface area contributed by atoms with Crippen LogP contribution in [0.25, 0.3) is 0 Å². The number of halogens is 1. The first-order valence-electron chi connectivity index (χ1n) is 10.5. The van der Waals surface area contributed by atoms with Crippen LogP contribution >= 0.6 is 0 Å². The number of nitrogens with zero attached hydrogens (tertiary/aromatic N) is 2. The van der Waals surface area contributed by atoms with Crippen molar-refractivity contribution in [2.45, 2.75) is 25.2 Å². The summed E-state index contributed by atoms with van der Waals surface area (Å²) < 4.78 is 39.5. The minimum Gasteiger partial charge on any atom is -0.338 e. The highest BCUT2D eigenvalue weighted by Crippen LogP contribution is 2.25. The Kier molecular flexibility index (Phi) is 7.47. The zero-order chi connectivity index (χ0) is 23.3. The van der Waals surface area contributed by atoms with Crippen LogP contribution in [0.4, 0.5) is 20.6 Å². The van der Waals surface area contributed by atoms with E-state index < -0.39 is 16.1 Å². The third kappa shape index (κ3) is 5.43. The second-order valence-corrected chi connectivity index (χ2v) is 9.44. The van der Waals surface area contributed by atoms with E-state index in [4.69, 9.17) is 0 Å². The lowest BCUT2D eigenvalue weighted by Crippen LogP contribution is -2.34. The molecule has 1 unspecified atom stereocenters. The zero-order valence-electron chi connectivity index (χ0n) is 18.0. The smallest absolute Gasteiger partial charge is 0.319 e. The summed E-state index contributed by atoms with van der Waals surface area (Å²) in [6.45, 7) is 5.04. The van der Waals surface area contributed by atoms with E-state index in [0.29, 0.717) is 37.6 Å². The molecule has 3 amide bonds. The number of carbonyl (C=O) groups excluding carboxylic acids is 2. The van der Waals surface area contributed by atoms with Gasteiger partial charge in [0.2, 0.25) is 15.9 Å². The van der Waals surface area contributed by atoms with Crippen molar-refractivity contribution >= 4 is 33.3 Å². The number of urea groups is 1. The minimum absolute atomic E-state index is 0.0695. The van der Waals surface area contributed by atoms with Gasteiger partial charge in [0.15, 0.2) is 0 Å². The largest absolute Gasteiger partial charge is 0.338 e. The van der Waals surface area contributed by atoms with Crippen molar-refractivity contribution in [3.05, 3.63) is 54.3 Å². The molecule has 172 valence electrons. The molecule has 10 heteroatoms. The number of carbonyl (C=O) groups is 2. The molecular weight excluding hydrogens is 435 g/mol. The number of hydrogen-bond donors (Lipinski definition) is 2. The molecule has 1 atom stereocenters. The van der Waals surface area contributed by atoms with Gasteiger partial charge in [-0.25, -0.2) is 17.6 Å². The summed E-state index contributed by atoms with van der Waals surface area (Å²) in [6.07, 6.45) is 0.287. The molecule has 0 aliphatic carbocycles. The van der Waals surface area contributed by atoms with Crippen molar-refractivity contribution in [3.63, 3.8) is 0 Å². The van der Waals surface area contributed by atoms with Gasteiger partial charge in [-0.05, 0) is 48.5 Å². The first kappa shape index (κ1) is 23.7. The maximum atomic E-state index is 13.1. The van der Waals surface area contributed by atoms with Crippen LogP contribution in [0.2, 0.25) is 0 Å². The summed E-state index contributed by atoms with van der Waals surface area (Å²) in [4.78, 5) is 26.2. The van der Waals surface area contributed by atoms with E-state index in [1.807, 2.05) is 0 Å². The van der Waals surface area contributed by atoms with Gasteiger partial charge in [0.1, 0.15) is 5.82 Å². The van der Waals surface area contributed by atoms with Crippen LogP contribution < -0.4 is 15.5 Å². The van der Waals surface area contributed by atoms with Crippen LogP contribution in [-0.2, 0) is 14.8 Å². The monoisotopic (exact) mass is 462 g/mol. The van der Waals surface area contributed by atoms with Crippen molar-refractivity contribution in [1.82, 2.24) is 9.62 Å². The van der Waals surface area contributed by atoms with E-state index in [2.05, 4.69) is 10.6 Å². The second kappa shape index (κ2) is 10.1. The third-order valence-corrected chi connectivity index (χ3v) is 7.41. The number of hydrogen-bond acceptors (Lipinski definition) is 4. The van der Waals surface area contributed by atoms with Gasteiger partial charge < -0.3 is 15.5 Å². The summed E-state index contributed by atoms with van der Waals surface area (Å²) in [6, 6.07) is 11.3. The Balaban J connectivity index is 1.52. The topological polar surface area (TPSA) is 98.8 Å². The number of rotatable bonds is 8. The molecule has 0 saturated carbocycles. The predicted octanol–water partition coefficient (Wildman–Crippen LogP) is 3.03. The first-order chi connectivity index (χ1) is 15.2. The lowest BCUT2D eigenvalue weighted by atomic mass is 10.1. The Morgan fingerprint density at radius 3 is 2.31 bits per heavy atom. The van der Waals surface area contributed by atoms with E-state index in [1.165, 1.54) is 40.7 Å². The Bertz CT molecular complexity index is 1050. The highest BCUT2D eigenvalue weighted by Gasteiger charge is 2.30. The van der Waals surface area contributed by atoms with Gasteiger partial charge in [-0.15, -0.1) is 0 Å². The maximum absolute atomic E-state index is 13.1. The van der Waals surface area contributed by atoms with Gasteiger partial charge in [0.05, 0.1) is 4.90 Å². The molecule has 1 aliphatic heterocycles. The molecule has 32 heavy (non-hydrogen) atoms. The van der Waals surface area contributed by atoms with Crippen molar-refractivity contribution in [1.29, 1.82) is 0 Å². The van der Waals surface area contributed by atoms with Crippen molar-refractivity contribution in [2.75, 3.05) is 36.4 Å². The highest BCUT2D eigenvalue weighted by atomic mass is 32.2.